The lowest BCUT2D eigenvalue weighted by Gasteiger charge is -2.27. The molecule has 1 atom stereocenters. The Labute approximate surface area is 148 Å². The van der Waals surface area contributed by atoms with Gasteiger partial charge in [0.05, 0.1) is 19.4 Å². The number of hydrogen-bond donors (Lipinski definition) is 1. The van der Waals surface area contributed by atoms with Gasteiger partial charge in [-0.2, -0.15) is 5.10 Å². The van der Waals surface area contributed by atoms with E-state index in [1.807, 2.05) is 17.9 Å². The number of ether oxygens (including phenoxy) is 1. The number of fused-ring (bicyclic) bond motifs is 1. The van der Waals surface area contributed by atoms with Crippen molar-refractivity contribution < 1.29 is 9.26 Å². The molecule has 1 saturated heterocycles. The quantitative estimate of drug-likeness (QED) is 0.878. The molecule has 3 heterocycles. The van der Waals surface area contributed by atoms with Crippen LogP contribution in [0.2, 0.25) is 0 Å². The van der Waals surface area contributed by atoms with Crippen molar-refractivity contribution in [3.63, 3.8) is 0 Å². The third-order valence-corrected chi connectivity index (χ3v) is 5.52. The molecule has 25 heavy (non-hydrogen) atoms. The van der Waals surface area contributed by atoms with E-state index in [9.17, 15) is 0 Å². The summed E-state index contributed by atoms with van der Waals surface area (Å²) in [7, 11) is 1.99. The van der Waals surface area contributed by atoms with Crippen LogP contribution in [0.1, 0.15) is 34.7 Å². The fraction of sp³-hybridized carbons (Fsp3) is 0.667. The lowest BCUT2D eigenvalue weighted by Crippen LogP contribution is -2.37. The molecule has 1 fully saturated rings. The molecule has 7 nitrogen and oxygen atoms in total. The van der Waals surface area contributed by atoms with Gasteiger partial charge in [-0.15, -0.1) is 0 Å². The second kappa shape index (κ2) is 7.27. The largest absolute Gasteiger partial charge is 0.379 e. The average Bonchev–Trinajstić information content (AvgIpc) is 3.18. The number of aryl methyl sites for hydroxylation is 2. The van der Waals surface area contributed by atoms with Gasteiger partial charge in [-0.05, 0) is 19.8 Å². The minimum Gasteiger partial charge on any atom is -0.379 e. The molecule has 2 aromatic rings. The van der Waals surface area contributed by atoms with Gasteiger partial charge in [-0.1, -0.05) is 5.16 Å². The first-order valence-electron chi connectivity index (χ1n) is 9.18. The van der Waals surface area contributed by atoms with E-state index in [2.05, 4.69) is 27.4 Å². The molecule has 0 saturated carbocycles. The van der Waals surface area contributed by atoms with Crippen LogP contribution in [-0.4, -0.2) is 52.2 Å². The Bertz CT molecular complexity index is 717. The summed E-state index contributed by atoms with van der Waals surface area (Å²) in [4.78, 5) is 2.40. The molecule has 136 valence electrons. The number of nitrogens with zero attached hydrogens (tertiary/aromatic N) is 4. The monoisotopic (exact) mass is 345 g/mol. The summed E-state index contributed by atoms with van der Waals surface area (Å²) in [6.45, 7) is 7.43. The predicted octanol–water partition coefficient (Wildman–Crippen LogP) is 1.20. The Morgan fingerprint density at radius 3 is 2.92 bits per heavy atom. The molecule has 1 unspecified atom stereocenters. The van der Waals surface area contributed by atoms with Crippen molar-refractivity contribution >= 4 is 0 Å². The van der Waals surface area contributed by atoms with Gasteiger partial charge in [-0.25, -0.2) is 0 Å². The second-order valence-corrected chi connectivity index (χ2v) is 7.12. The van der Waals surface area contributed by atoms with Gasteiger partial charge in [0.15, 0.2) is 0 Å². The first kappa shape index (κ1) is 16.8. The maximum atomic E-state index is 5.61. The van der Waals surface area contributed by atoms with Crippen molar-refractivity contribution in [3.8, 4) is 0 Å². The molecule has 7 heteroatoms. The van der Waals surface area contributed by atoms with Gasteiger partial charge in [0, 0.05) is 62.5 Å². The highest BCUT2D eigenvalue weighted by atomic mass is 16.5. The summed E-state index contributed by atoms with van der Waals surface area (Å²) >= 11 is 0. The van der Waals surface area contributed by atoms with Crippen molar-refractivity contribution in [1.82, 2.24) is 25.2 Å². The summed E-state index contributed by atoms with van der Waals surface area (Å²) in [5, 5.41) is 12.4. The summed E-state index contributed by atoms with van der Waals surface area (Å²) in [6, 6.07) is 0.468. The van der Waals surface area contributed by atoms with E-state index in [0.717, 1.165) is 70.1 Å². The number of nitrogens with one attached hydrogen (secondary N) is 1. The molecule has 2 aliphatic rings. The summed E-state index contributed by atoms with van der Waals surface area (Å²) in [6.07, 6.45) is 5.02. The lowest BCUT2D eigenvalue weighted by molar-refractivity contribution is 0.0331. The Balaban J connectivity index is 1.38. The molecule has 0 radical (unpaired) electrons. The average molecular weight is 345 g/mol. The van der Waals surface area contributed by atoms with Crippen LogP contribution >= 0.6 is 0 Å². The molecule has 2 aromatic heterocycles. The third kappa shape index (κ3) is 3.63. The number of morpholine rings is 1. The molecule has 1 aliphatic carbocycles. The van der Waals surface area contributed by atoms with E-state index in [-0.39, 0.29) is 0 Å². The van der Waals surface area contributed by atoms with Crippen LogP contribution in [-0.2, 0) is 37.7 Å². The molecule has 0 aromatic carbocycles. The van der Waals surface area contributed by atoms with Crippen molar-refractivity contribution in [2.45, 2.75) is 45.3 Å². The molecular weight excluding hydrogens is 318 g/mol. The fourth-order valence-corrected chi connectivity index (χ4v) is 3.70. The highest BCUT2D eigenvalue weighted by Gasteiger charge is 2.26. The van der Waals surface area contributed by atoms with Crippen molar-refractivity contribution in [1.29, 1.82) is 0 Å². The Morgan fingerprint density at radius 2 is 2.16 bits per heavy atom. The minimum absolute atomic E-state index is 0.468. The lowest BCUT2D eigenvalue weighted by atomic mass is 9.91. The zero-order valence-corrected chi connectivity index (χ0v) is 15.1. The van der Waals surface area contributed by atoms with E-state index < -0.39 is 0 Å². The molecule has 0 bridgehead atoms. The van der Waals surface area contributed by atoms with Crippen LogP contribution in [0.4, 0.5) is 0 Å². The fourth-order valence-electron chi connectivity index (χ4n) is 3.70. The van der Waals surface area contributed by atoms with Crippen molar-refractivity contribution in [2.75, 3.05) is 26.3 Å². The molecule has 1 aliphatic heterocycles. The summed E-state index contributed by atoms with van der Waals surface area (Å²) in [5.41, 5.74) is 4.92. The predicted molar refractivity (Wildman–Crippen MR) is 93.2 cm³/mol. The van der Waals surface area contributed by atoms with Crippen LogP contribution in [0, 0.1) is 6.92 Å². The van der Waals surface area contributed by atoms with Gasteiger partial charge < -0.3 is 14.6 Å². The van der Waals surface area contributed by atoms with E-state index in [4.69, 9.17) is 9.26 Å². The Morgan fingerprint density at radius 1 is 1.32 bits per heavy atom. The zero-order chi connectivity index (χ0) is 17.2. The topological polar surface area (TPSA) is 68.3 Å². The molecule has 4 rings (SSSR count). The molecule has 0 spiro atoms. The smallest absolute Gasteiger partial charge is 0.140 e. The molecule has 0 amide bonds. The highest BCUT2D eigenvalue weighted by molar-refractivity contribution is 5.27. The first-order chi connectivity index (χ1) is 12.2. The van der Waals surface area contributed by atoms with Crippen LogP contribution in [0.15, 0.2) is 10.7 Å². The first-order valence-corrected chi connectivity index (χ1v) is 9.18. The SMILES string of the molecule is Cc1c(CNC2CCc3onc(CN4CCOCC4)c3C2)cnn1C. The second-order valence-electron chi connectivity index (χ2n) is 7.12. The van der Waals surface area contributed by atoms with Crippen molar-refractivity contribution in [2.24, 2.45) is 7.05 Å². The summed E-state index contributed by atoms with van der Waals surface area (Å²) < 4.78 is 13.0. The van der Waals surface area contributed by atoms with Crippen LogP contribution in [0.5, 0.6) is 0 Å². The van der Waals surface area contributed by atoms with Crippen LogP contribution in [0.25, 0.3) is 0 Å². The minimum atomic E-state index is 0.468. The number of rotatable bonds is 5. The van der Waals surface area contributed by atoms with E-state index in [0.29, 0.717) is 6.04 Å². The van der Waals surface area contributed by atoms with Crippen LogP contribution in [0.3, 0.4) is 0 Å². The van der Waals surface area contributed by atoms with E-state index in [1.54, 1.807) is 0 Å². The maximum Gasteiger partial charge on any atom is 0.140 e. The van der Waals surface area contributed by atoms with Gasteiger partial charge in [-0.3, -0.25) is 9.58 Å². The van der Waals surface area contributed by atoms with Gasteiger partial charge in [0.25, 0.3) is 0 Å². The number of hydrogen-bond acceptors (Lipinski definition) is 6. The molecule has 1 N–H and O–H groups in total. The standard InChI is InChI=1S/C18H27N5O2/c1-13-14(11-20-22(13)2)10-19-15-3-4-18-16(9-15)17(21-25-18)12-23-5-7-24-8-6-23/h11,15,19H,3-10,12H2,1-2H3. The van der Waals surface area contributed by atoms with Gasteiger partial charge >= 0.3 is 0 Å². The Kier molecular flexibility index (Phi) is 4.87. The zero-order valence-electron chi connectivity index (χ0n) is 15.1. The third-order valence-electron chi connectivity index (χ3n) is 5.52. The molecular formula is C18H27N5O2. The number of aromatic nitrogens is 3. The highest BCUT2D eigenvalue weighted by Crippen LogP contribution is 2.26. The maximum absolute atomic E-state index is 5.61. The van der Waals surface area contributed by atoms with E-state index >= 15 is 0 Å². The van der Waals surface area contributed by atoms with Gasteiger partial charge in [0.2, 0.25) is 0 Å². The normalized spacial score (nSPS) is 21.4. The van der Waals surface area contributed by atoms with Gasteiger partial charge in [0.1, 0.15) is 11.5 Å². The van der Waals surface area contributed by atoms with Crippen molar-refractivity contribution in [3.05, 3.63) is 34.5 Å². The van der Waals surface area contributed by atoms with Crippen LogP contribution < -0.4 is 5.32 Å². The Hall–Kier alpha value is -1.70. The summed E-state index contributed by atoms with van der Waals surface area (Å²) in [5.74, 6) is 1.08. The van der Waals surface area contributed by atoms with E-state index in [1.165, 1.54) is 16.8 Å².